The SMILES string of the molecule is CCOC(=O)C(=C(O)C(F)(F)F)S(C)(=O)=O. The summed E-state index contributed by atoms with van der Waals surface area (Å²) >= 11 is 0. The highest BCUT2D eigenvalue weighted by molar-refractivity contribution is 7.95. The zero-order valence-corrected chi connectivity index (χ0v) is 9.15. The third-order valence-corrected chi connectivity index (χ3v) is 2.42. The summed E-state index contributed by atoms with van der Waals surface area (Å²) in [6.07, 6.45) is -4.97. The molecule has 0 heterocycles. The first-order chi connectivity index (χ1) is 7.01. The van der Waals surface area contributed by atoms with E-state index >= 15 is 0 Å². The van der Waals surface area contributed by atoms with Gasteiger partial charge in [-0.05, 0) is 6.92 Å². The first-order valence-electron chi connectivity index (χ1n) is 3.89. The number of hydrogen-bond acceptors (Lipinski definition) is 5. The molecule has 0 aliphatic rings. The Labute approximate surface area is 89.4 Å². The molecule has 0 saturated heterocycles. The van der Waals surface area contributed by atoms with Crippen molar-refractivity contribution in [1.29, 1.82) is 0 Å². The van der Waals surface area contributed by atoms with E-state index in [-0.39, 0.29) is 6.61 Å². The van der Waals surface area contributed by atoms with E-state index in [1.165, 1.54) is 6.92 Å². The van der Waals surface area contributed by atoms with Gasteiger partial charge in [-0.25, -0.2) is 13.2 Å². The summed E-state index contributed by atoms with van der Waals surface area (Å²) in [7, 11) is -4.53. The molecule has 0 aliphatic carbocycles. The maximum atomic E-state index is 12.1. The molecule has 0 aromatic heterocycles. The molecule has 0 amide bonds. The Morgan fingerprint density at radius 1 is 1.38 bits per heavy atom. The minimum absolute atomic E-state index is 0.316. The standard InChI is InChI=1S/C7H9F3O5S/c1-3-15-6(12)4(16(2,13)14)5(11)7(8,9)10/h11H,3H2,1-2H3. The van der Waals surface area contributed by atoms with Crippen LogP contribution in [-0.2, 0) is 19.4 Å². The van der Waals surface area contributed by atoms with Crippen LogP contribution in [0, 0.1) is 0 Å². The zero-order chi connectivity index (χ0) is 13.1. The first-order valence-corrected chi connectivity index (χ1v) is 5.78. The number of rotatable bonds is 3. The Morgan fingerprint density at radius 2 is 1.81 bits per heavy atom. The second kappa shape index (κ2) is 4.73. The van der Waals surface area contributed by atoms with Crippen LogP contribution in [0.3, 0.4) is 0 Å². The lowest BCUT2D eigenvalue weighted by Crippen LogP contribution is -2.24. The van der Waals surface area contributed by atoms with Crippen molar-refractivity contribution in [2.24, 2.45) is 0 Å². The molecule has 0 aromatic rings. The van der Waals surface area contributed by atoms with E-state index in [0.717, 1.165) is 0 Å². The van der Waals surface area contributed by atoms with Gasteiger partial charge in [0.25, 0.3) is 0 Å². The third kappa shape index (κ3) is 3.72. The average molecular weight is 262 g/mol. The number of allylic oxidation sites excluding steroid dienone is 1. The molecule has 0 saturated carbocycles. The predicted octanol–water partition coefficient (Wildman–Crippen LogP) is 0.926. The number of carbonyl (C=O) groups excluding carboxylic acids is 1. The quantitative estimate of drug-likeness (QED) is 0.465. The van der Waals surface area contributed by atoms with Gasteiger partial charge in [-0.3, -0.25) is 0 Å². The highest BCUT2D eigenvalue weighted by Crippen LogP contribution is 2.28. The van der Waals surface area contributed by atoms with Crippen LogP contribution in [0.1, 0.15) is 6.92 Å². The summed E-state index contributed by atoms with van der Waals surface area (Å²) in [5, 5.41) is 8.65. The number of carbonyl (C=O) groups is 1. The molecule has 94 valence electrons. The van der Waals surface area contributed by atoms with Crippen molar-refractivity contribution in [3.05, 3.63) is 10.7 Å². The number of aliphatic hydroxyl groups is 1. The van der Waals surface area contributed by atoms with Crippen molar-refractivity contribution in [3.63, 3.8) is 0 Å². The molecule has 0 unspecified atom stereocenters. The number of halogens is 3. The highest BCUT2D eigenvalue weighted by atomic mass is 32.2. The molecule has 0 atom stereocenters. The highest BCUT2D eigenvalue weighted by Gasteiger charge is 2.42. The van der Waals surface area contributed by atoms with E-state index in [0.29, 0.717) is 6.26 Å². The van der Waals surface area contributed by atoms with Crippen LogP contribution < -0.4 is 0 Å². The Bertz CT molecular complexity index is 406. The molecule has 16 heavy (non-hydrogen) atoms. The van der Waals surface area contributed by atoms with E-state index < -0.39 is 32.6 Å². The third-order valence-electron chi connectivity index (χ3n) is 1.32. The lowest BCUT2D eigenvalue weighted by atomic mass is 10.4. The number of aliphatic hydroxyl groups excluding tert-OH is 1. The predicted molar refractivity (Wildman–Crippen MR) is 47.2 cm³/mol. The van der Waals surface area contributed by atoms with Gasteiger partial charge >= 0.3 is 12.1 Å². The minimum atomic E-state index is -5.33. The van der Waals surface area contributed by atoms with Gasteiger partial charge in [-0.15, -0.1) is 0 Å². The topological polar surface area (TPSA) is 80.7 Å². The molecule has 0 bridgehead atoms. The molecule has 9 heteroatoms. The summed E-state index contributed by atoms with van der Waals surface area (Å²) in [6.45, 7) is 0.964. The number of ether oxygens (including phenoxy) is 1. The molecular formula is C7H9F3O5S. The number of hydrogen-bond donors (Lipinski definition) is 1. The van der Waals surface area contributed by atoms with Crippen molar-refractivity contribution < 1.29 is 36.2 Å². The average Bonchev–Trinajstić information content (AvgIpc) is 1.99. The molecule has 0 aliphatic heterocycles. The maximum Gasteiger partial charge on any atom is 0.450 e. The van der Waals surface area contributed by atoms with Gasteiger partial charge < -0.3 is 9.84 Å². The normalized spacial score (nSPS) is 14.3. The first kappa shape index (κ1) is 14.8. The molecule has 0 rings (SSSR count). The number of esters is 1. The van der Waals surface area contributed by atoms with Crippen molar-refractivity contribution in [1.82, 2.24) is 0 Å². The van der Waals surface area contributed by atoms with E-state index in [1.54, 1.807) is 0 Å². The molecule has 0 spiro atoms. The van der Waals surface area contributed by atoms with Crippen molar-refractivity contribution in [2.75, 3.05) is 12.9 Å². The van der Waals surface area contributed by atoms with Gasteiger partial charge in [-0.2, -0.15) is 13.2 Å². The van der Waals surface area contributed by atoms with Crippen molar-refractivity contribution >= 4 is 15.8 Å². The molecule has 0 aromatic carbocycles. The van der Waals surface area contributed by atoms with Crippen LogP contribution in [0.2, 0.25) is 0 Å². The lowest BCUT2D eigenvalue weighted by Gasteiger charge is -2.10. The lowest BCUT2D eigenvalue weighted by molar-refractivity contribution is -0.141. The van der Waals surface area contributed by atoms with Crippen molar-refractivity contribution in [3.8, 4) is 0 Å². The van der Waals surface area contributed by atoms with E-state index in [4.69, 9.17) is 5.11 Å². The van der Waals surface area contributed by atoms with E-state index in [9.17, 15) is 26.4 Å². The summed E-state index contributed by atoms with van der Waals surface area (Å²) in [5.74, 6) is -4.21. The fourth-order valence-electron chi connectivity index (χ4n) is 0.749. The summed E-state index contributed by atoms with van der Waals surface area (Å²) in [4.78, 5) is 9.17. The molecule has 0 radical (unpaired) electrons. The Morgan fingerprint density at radius 3 is 2.06 bits per heavy atom. The van der Waals surface area contributed by atoms with Gasteiger partial charge in [0, 0.05) is 6.26 Å². The fourth-order valence-corrected chi connectivity index (χ4v) is 1.58. The Kier molecular flexibility index (Phi) is 4.36. The molecule has 5 nitrogen and oxygen atoms in total. The Balaban J connectivity index is 5.72. The summed E-state index contributed by atoms with van der Waals surface area (Å²) < 4.78 is 62.1. The number of sulfone groups is 1. The monoisotopic (exact) mass is 262 g/mol. The van der Waals surface area contributed by atoms with Crippen LogP contribution >= 0.6 is 0 Å². The van der Waals surface area contributed by atoms with Crippen LogP contribution in [0.4, 0.5) is 13.2 Å². The largest absolute Gasteiger partial charge is 0.503 e. The van der Waals surface area contributed by atoms with Gasteiger partial charge in [0.2, 0.25) is 5.76 Å². The molecule has 1 N–H and O–H groups in total. The van der Waals surface area contributed by atoms with Crippen LogP contribution in [-0.4, -0.2) is 38.5 Å². The number of alkyl halides is 3. The summed E-state index contributed by atoms with van der Waals surface area (Å²) in [5.41, 5.74) is 0. The van der Waals surface area contributed by atoms with Gasteiger partial charge in [0.1, 0.15) is 0 Å². The zero-order valence-electron chi connectivity index (χ0n) is 8.33. The smallest absolute Gasteiger partial charge is 0.450 e. The second-order valence-electron chi connectivity index (χ2n) is 2.67. The Hall–Kier alpha value is -1.25. The minimum Gasteiger partial charge on any atom is -0.503 e. The molecular weight excluding hydrogens is 253 g/mol. The van der Waals surface area contributed by atoms with Gasteiger partial charge in [-0.1, -0.05) is 0 Å². The van der Waals surface area contributed by atoms with Crippen LogP contribution in [0.25, 0.3) is 0 Å². The van der Waals surface area contributed by atoms with Gasteiger partial charge in [0.05, 0.1) is 6.61 Å². The van der Waals surface area contributed by atoms with Crippen LogP contribution in [0.15, 0.2) is 10.7 Å². The maximum absolute atomic E-state index is 12.1. The van der Waals surface area contributed by atoms with E-state index in [2.05, 4.69) is 4.74 Å². The van der Waals surface area contributed by atoms with E-state index in [1.807, 2.05) is 0 Å². The van der Waals surface area contributed by atoms with Crippen molar-refractivity contribution in [2.45, 2.75) is 13.1 Å². The van der Waals surface area contributed by atoms with Gasteiger partial charge in [0.15, 0.2) is 14.7 Å². The van der Waals surface area contributed by atoms with Crippen LogP contribution in [0.5, 0.6) is 0 Å². The summed E-state index contributed by atoms with van der Waals surface area (Å²) in [6, 6.07) is 0. The second-order valence-corrected chi connectivity index (χ2v) is 4.62. The fraction of sp³-hybridized carbons (Fsp3) is 0.571. The molecule has 0 fully saturated rings.